The molecule has 4 heteroatoms. The molecule has 0 spiro atoms. The van der Waals surface area contributed by atoms with Crippen molar-refractivity contribution in [3.63, 3.8) is 0 Å². The smallest absolute Gasteiger partial charge is 0.189 e. The van der Waals surface area contributed by atoms with Gasteiger partial charge in [0, 0.05) is 11.1 Å². The second-order valence-corrected chi connectivity index (χ2v) is 10.4. The Morgan fingerprint density at radius 2 is 1.12 bits per heavy atom. The first kappa shape index (κ1) is 25.6. The number of rotatable bonds is 4. The Morgan fingerprint density at radius 3 is 1.86 bits per heavy atom. The lowest BCUT2D eigenvalue weighted by Crippen LogP contribution is -1.94. The van der Waals surface area contributed by atoms with Gasteiger partial charge in [-0.2, -0.15) is 5.26 Å². The summed E-state index contributed by atoms with van der Waals surface area (Å²) < 4.78 is 2.17. The molecule has 6 aromatic carbocycles. The fourth-order valence-electron chi connectivity index (χ4n) is 5.80. The third kappa shape index (κ3) is 4.58. The van der Waals surface area contributed by atoms with Crippen molar-refractivity contribution in [2.24, 2.45) is 0 Å². The molecule has 198 valence electrons. The topological polar surface area (TPSA) is 37.4 Å². The lowest BCUT2D eigenvalue weighted by molar-refractivity contribution is 1.18. The second-order valence-electron chi connectivity index (χ2n) is 10.4. The van der Waals surface area contributed by atoms with E-state index in [2.05, 4.69) is 62.8 Å². The first-order chi connectivity index (χ1) is 21.1. The lowest BCUT2D eigenvalue weighted by atomic mass is 9.94. The van der Waals surface area contributed by atoms with E-state index in [9.17, 15) is 5.26 Å². The average Bonchev–Trinajstić information content (AvgIpc) is 3.42. The van der Waals surface area contributed by atoms with Gasteiger partial charge in [0.2, 0.25) is 0 Å². The molecule has 0 aliphatic heterocycles. The summed E-state index contributed by atoms with van der Waals surface area (Å²) in [6, 6.07) is 46.5. The number of para-hydroxylation sites is 1. The van der Waals surface area contributed by atoms with E-state index in [4.69, 9.17) is 13.1 Å². The average molecular weight is 547 g/mol. The van der Waals surface area contributed by atoms with Crippen LogP contribution in [0.5, 0.6) is 0 Å². The normalized spacial score (nSPS) is 10.7. The minimum atomic E-state index is 0.541. The van der Waals surface area contributed by atoms with Crippen LogP contribution in [0, 0.1) is 24.5 Å². The number of benzene rings is 6. The number of nitrogens with zero attached hydrogens (tertiary/aromatic N) is 4. The van der Waals surface area contributed by atoms with E-state index >= 15 is 0 Å². The van der Waals surface area contributed by atoms with Gasteiger partial charge in [0.1, 0.15) is 0 Å². The van der Waals surface area contributed by atoms with Gasteiger partial charge >= 0.3 is 0 Å². The van der Waals surface area contributed by atoms with Crippen LogP contribution in [0.3, 0.4) is 0 Å². The van der Waals surface area contributed by atoms with Crippen molar-refractivity contribution >= 4 is 33.2 Å². The van der Waals surface area contributed by atoms with E-state index in [-0.39, 0.29) is 0 Å². The summed E-state index contributed by atoms with van der Waals surface area (Å²) in [5.41, 5.74) is 10.5. The van der Waals surface area contributed by atoms with Gasteiger partial charge in [-0.15, -0.1) is 0 Å². The highest BCUT2D eigenvalue weighted by Gasteiger charge is 2.15. The molecular weight excluding hydrogens is 524 g/mol. The van der Waals surface area contributed by atoms with Gasteiger partial charge in [-0.1, -0.05) is 72.8 Å². The molecule has 7 aromatic rings. The SMILES string of the molecule is [C-]#[N+]c1cc(-c2cccc(-c3cc(C#N)cc(-c4ccccc4)c3)c2)cc(-n2c3ccccc3c3cc([N+]#[C-])ccc32)c1. The van der Waals surface area contributed by atoms with Crippen LogP contribution in [0.2, 0.25) is 0 Å². The Balaban J connectivity index is 1.39. The maximum Gasteiger partial charge on any atom is 0.189 e. The number of nitriles is 1. The third-order valence-corrected chi connectivity index (χ3v) is 7.77. The van der Waals surface area contributed by atoms with Gasteiger partial charge in [0.25, 0.3) is 0 Å². The third-order valence-electron chi connectivity index (χ3n) is 7.77. The Labute approximate surface area is 249 Å². The molecule has 0 atom stereocenters. The van der Waals surface area contributed by atoms with Crippen molar-refractivity contribution in [1.29, 1.82) is 5.26 Å². The van der Waals surface area contributed by atoms with Crippen LogP contribution >= 0.6 is 0 Å². The minimum absolute atomic E-state index is 0.541. The largest absolute Gasteiger partial charge is 0.311 e. The quantitative estimate of drug-likeness (QED) is 0.202. The highest BCUT2D eigenvalue weighted by molar-refractivity contribution is 6.10. The molecule has 7 rings (SSSR count). The van der Waals surface area contributed by atoms with Crippen LogP contribution in [-0.2, 0) is 0 Å². The summed E-state index contributed by atoms with van der Waals surface area (Å²) in [6.07, 6.45) is 0. The molecule has 0 aliphatic carbocycles. The zero-order valence-electron chi connectivity index (χ0n) is 23.0. The molecule has 0 saturated heterocycles. The van der Waals surface area contributed by atoms with E-state index in [1.807, 2.05) is 91.0 Å². The standard InChI is InChI=1S/C39H22N4/c1-41-33-15-16-39-37(24-33)36-13-6-7-14-38(36)43(39)35-22-32(21-34(23-35)42-2)29-12-8-11-28(19-29)31-18-26(25-40)17-30(20-31)27-9-4-3-5-10-27/h3-24H. The van der Waals surface area contributed by atoms with E-state index in [0.29, 0.717) is 16.9 Å². The number of fused-ring (bicyclic) bond motifs is 3. The summed E-state index contributed by atoms with van der Waals surface area (Å²) in [5, 5.41) is 11.8. The Hall–Kier alpha value is -6.41. The fraction of sp³-hybridized carbons (Fsp3) is 0. The van der Waals surface area contributed by atoms with E-state index in [0.717, 1.165) is 60.9 Å². The van der Waals surface area contributed by atoms with Crippen molar-refractivity contribution < 1.29 is 0 Å². The number of hydrogen-bond donors (Lipinski definition) is 0. The van der Waals surface area contributed by atoms with Crippen LogP contribution in [0.1, 0.15) is 5.56 Å². The summed E-state index contributed by atoms with van der Waals surface area (Å²) >= 11 is 0. The van der Waals surface area contributed by atoms with E-state index in [1.165, 1.54) is 0 Å². The highest BCUT2D eigenvalue weighted by atomic mass is 15.0. The molecule has 0 bridgehead atoms. The summed E-state index contributed by atoms with van der Waals surface area (Å²) in [4.78, 5) is 7.46. The van der Waals surface area contributed by atoms with Crippen LogP contribution in [0.4, 0.5) is 11.4 Å². The van der Waals surface area contributed by atoms with Crippen molar-refractivity contribution in [1.82, 2.24) is 4.57 Å². The van der Waals surface area contributed by atoms with E-state index < -0.39 is 0 Å². The molecule has 1 aromatic heterocycles. The summed E-state index contributed by atoms with van der Waals surface area (Å²) in [7, 11) is 0. The minimum Gasteiger partial charge on any atom is -0.311 e. The van der Waals surface area contributed by atoms with Gasteiger partial charge in [-0.25, -0.2) is 9.69 Å². The molecule has 0 unspecified atom stereocenters. The van der Waals surface area contributed by atoms with Crippen molar-refractivity contribution in [2.45, 2.75) is 0 Å². The Morgan fingerprint density at radius 1 is 0.488 bits per heavy atom. The van der Waals surface area contributed by atoms with Crippen LogP contribution in [0.25, 0.3) is 70.6 Å². The zero-order chi connectivity index (χ0) is 29.3. The lowest BCUT2D eigenvalue weighted by Gasteiger charge is -2.13. The molecule has 1 heterocycles. The summed E-state index contributed by atoms with van der Waals surface area (Å²) in [6.45, 7) is 15.4. The van der Waals surface area contributed by atoms with Crippen molar-refractivity contribution in [2.75, 3.05) is 0 Å². The molecular formula is C39H22N4. The van der Waals surface area contributed by atoms with Gasteiger partial charge in [-0.05, 0) is 99.4 Å². The number of aromatic nitrogens is 1. The van der Waals surface area contributed by atoms with E-state index in [1.54, 1.807) is 0 Å². The molecule has 0 aliphatic rings. The molecule has 0 amide bonds. The fourth-order valence-corrected chi connectivity index (χ4v) is 5.80. The first-order valence-electron chi connectivity index (χ1n) is 13.8. The van der Waals surface area contributed by atoms with Crippen molar-refractivity contribution in [3.8, 4) is 45.1 Å². The monoisotopic (exact) mass is 546 g/mol. The van der Waals surface area contributed by atoms with Crippen LogP contribution < -0.4 is 0 Å². The maximum atomic E-state index is 9.78. The molecule has 0 saturated carbocycles. The van der Waals surface area contributed by atoms with Gasteiger partial charge < -0.3 is 4.57 Å². The van der Waals surface area contributed by atoms with Crippen LogP contribution in [-0.4, -0.2) is 4.57 Å². The second kappa shape index (κ2) is 10.5. The first-order valence-corrected chi connectivity index (χ1v) is 13.8. The zero-order valence-corrected chi connectivity index (χ0v) is 23.0. The summed E-state index contributed by atoms with van der Waals surface area (Å²) in [5.74, 6) is 0. The molecule has 0 radical (unpaired) electrons. The maximum absolute atomic E-state index is 9.78. The predicted octanol–water partition coefficient (Wildman–Crippen LogP) is 10.8. The Kier molecular flexibility index (Phi) is 6.26. The predicted molar refractivity (Wildman–Crippen MR) is 174 cm³/mol. The molecule has 43 heavy (non-hydrogen) atoms. The molecule has 4 nitrogen and oxygen atoms in total. The van der Waals surface area contributed by atoms with Gasteiger partial charge in [0.15, 0.2) is 11.4 Å². The molecule has 0 fully saturated rings. The highest BCUT2D eigenvalue weighted by Crippen LogP contribution is 2.38. The Bertz CT molecular complexity index is 2320. The molecule has 0 N–H and O–H groups in total. The van der Waals surface area contributed by atoms with Gasteiger partial charge in [0.05, 0.1) is 35.8 Å². The van der Waals surface area contributed by atoms with Gasteiger partial charge in [-0.3, -0.25) is 0 Å². The van der Waals surface area contributed by atoms with Crippen molar-refractivity contribution in [3.05, 3.63) is 162 Å². The van der Waals surface area contributed by atoms with Crippen LogP contribution in [0.15, 0.2) is 133 Å². The number of hydrogen-bond acceptors (Lipinski definition) is 1.